The van der Waals surface area contributed by atoms with Crippen LogP contribution in [0.15, 0.2) is 42.6 Å². The summed E-state index contributed by atoms with van der Waals surface area (Å²) in [6.07, 6.45) is 1.39. The number of nitrogen functional groups attached to an aromatic ring is 1. The predicted molar refractivity (Wildman–Crippen MR) is 107 cm³/mol. The number of morpholine rings is 1. The quantitative estimate of drug-likeness (QED) is 0.652. The molecular weight excluding hydrogens is 382 g/mol. The van der Waals surface area contributed by atoms with Crippen molar-refractivity contribution in [3.05, 3.63) is 53.2 Å². The van der Waals surface area contributed by atoms with E-state index in [4.69, 9.17) is 22.1 Å². The molecule has 1 aromatic heterocycles. The van der Waals surface area contributed by atoms with Gasteiger partial charge in [-0.15, -0.1) is 0 Å². The molecule has 2 aromatic rings. The highest BCUT2D eigenvalue weighted by molar-refractivity contribution is 6.39. The molecule has 148 valence electrons. The van der Waals surface area contributed by atoms with Crippen molar-refractivity contribution in [2.75, 3.05) is 43.9 Å². The van der Waals surface area contributed by atoms with Crippen LogP contribution in [0.3, 0.4) is 0 Å². The largest absolute Gasteiger partial charge is 0.384 e. The molecule has 0 aliphatic carbocycles. The second-order valence-corrected chi connectivity index (χ2v) is 6.73. The Morgan fingerprint density at radius 3 is 2.61 bits per heavy atom. The monoisotopic (exact) mass is 403 g/mol. The fourth-order valence-corrected chi connectivity index (χ4v) is 3.27. The number of carbonyl (C=O) groups excluding carboxylic acids is 2. The molecule has 1 atom stereocenters. The number of pyridine rings is 1. The van der Waals surface area contributed by atoms with Gasteiger partial charge in [0.25, 0.3) is 0 Å². The SMILES string of the molecule is Nc1ccc(NC(=O)C(=O)NCC(c2ccccc2Cl)N2CCOCC2)cn1. The average molecular weight is 404 g/mol. The Morgan fingerprint density at radius 1 is 1.18 bits per heavy atom. The van der Waals surface area contributed by atoms with Gasteiger partial charge in [0.1, 0.15) is 5.82 Å². The minimum absolute atomic E-state index is 0.160. The van der Waals surface area contributed by atoms with Crippen LogP contribution < -0.4 is 16.4 Å². The van der Waals surface area contributed by atoms with Gasteiger partial charge >= 0.3 is 11.8 Å². The van der Waals surface area contributed by atoms with Gasteiger partial charge in [-0.1, -0.05) is 29.8 Å². The number of rotatable bonds is 5. The standard InChI is InChI=1S/C19H22ClN5O3/c20-15-4-2-1-3-14(15)16(25-7-9-28-10-8-25)12-23-18(26)19(27)24-13-5-6-17(21)22-11-13/h1-6,11,16H,7-10,12H2,(H2,21,22)(H,23,26)(H,24,27). The molecule has 0 bridgehead atoms. The summed E-state index contributed by atoms with van der Waals surface area (Å²) in [5, 5.41) is 5.81. The minimum atomic E-state index is -0.772. The fraction of sp³-hybridized carbons (Fsp3) is 0.316. The summed E-state index contributed by atoms with van der Waals surface area (Å²) in [5.74, 6) is -1.18. The maximum absolute atomic E-state index is 12.3. The molecule has 1 unspecified atom stereocenters. The van der Waals surface area contributed by atoms with Crippen molar-refractivity contribution in [2.24, 2.45) is 0 Å². The third-order valence-electron chi connectivity index (χ3n) is 4.46. The van der Waals surface area contributed by atoms with Gasteiger partial charge in [0.15, 0.2) is 0 Å². The molecule has 1 saturated heterocycles. The van der Waals surface area contributed by atoms with Crippen LogP contribution in [0.4, 0.5) is 11.5 Å². The van der Waals surface area contributed by atoms with E-state index in [2.05, 4.69) is 20.5 Å². The van der Waals surface area contributed by atoms with Crippen molar-refractivity contribution >= 4 is 34.9 Å². The van der Waals surface area contributed by atoms with Crippen molar-refractivity contribution < 1.29 is 14.3 Å². The number of hydrogen-bond acceptors (Lipinski definition) is 6. The zero-order valence-corrected chi connectivity index (χ0v) is 16.0. The van der Waals surface area contributed by atoms with E-state index in [0.29, 0.717) is 29.7 Å². The molecule has 0 spiro atoms. The van der Waals surface area contributed by atoms with Crippen molar-refractivity contribution in [1.82, 2.24) is 15.2 Å². The summed E-state index contributed by atoms with van der Waals surface area (Å²) in [7, 11) is 0. The number of amides is 2. The molecule has 2 heterocycles. The van der Waals surface area contributed by atoms with Crippen LogP contribution in [0.25, 0.3) is 0 Å². The van der Waals surface area contributed by atoms with E-state index >= 15 is 0 Å². The van der Waals surface area contributed by atoms with E-state index in [-0.39, 0.29) is 12.6 Å². The zero-order valence-electron chi connectivity index (χ0n) is 15.2. The molecule has 1 aliphatic heterocycles. The van der Waals surface area contributed by atoms with Crippen LogP contribution in [0, 0.1) is 0 Å². The van der Waals surface area contributed by atoms with Crippen LogP contribution >= 0.6 is 11.6 Å². The van der Waals surface area contributed by atoms with Crippen LogP contribution in [0.1, 0.15) is 11.6 Å². The molecule has 0 saturated carbocycles. The molecule has 1 aliphatic rings. The van der Waals surface area contributed by atoms with Crippen LogP contribution in [-0.2, 0) is 14.3 Å². The van der Waals surface area contributed by atoms with E-state index in [1.807, 2.05) is 24.3 Å². The lowest BCUT2D eigenvalue weighted by Gasteiger charge is -2.35. The Bertz CT molecular complexity index is 825. The molecule has 1 fully saturated rings. The average Bonchev–Trinajstić information content (AvgIpc) is 2.71. The smallest absolute Gasteiger partial charge is 0.313 e. The fourth-order valence-electron chi connectivity index (χ4n) is 3.01. The lowest BCUT2D eigenvalue weighted by atomic mass is 10.0. The first-order valence-corrected chi connectivity index (χ1v) is 9.29. The molecule has 3 rings (SSSR count). The Balaban J connectivity index is 1.65. The molecule has 1 aromatic carbocycles. The Hall–Kier alpha value is -2.68. The Morgan fingerprint density at radius 2 is 1.93 bits per heavy atom. The highest BCUT2D eigenvalue weighted by atomic mass is 35.5. The first-order valence-electron chi connectivity index (χ1n) is 8.91. The second-order valence-electron chi connectivity index (χ2n) is 6.32. The van der Waals surface area contributed by atoms with Gasteiger partial charge in [-0.2, -0.15) is 0 Å². The first kappa shape index (κ1) is 20.1. The lowest BCUT2D eigenvalue weighted by Crippen LogP contribution is -2.45. The number of anilines is 2. The number of nitrogens with one attached hydrogen (secondary N) is 2. The summed E-state index contributed by atoms with van der Waals surface area (Å²) in [6.45, 7) is 2.90. The summed E-state index contributed by atoms with van der Waals surface area (Å²) in [5.41, 5.74) is 6.80. The maximum Gasteiger partial charge on any atom is 0.313 e. The third kappa shape index (κ3) is 5.19. The van der Waals surface area contributed by atoms with E-state index in [1.165, 1.54) is 6.20 Å². The zero-order chi connectivity index (χ0) is 19.9. The van der Waals surface area contributed by atoms with Crippen molar-refractivity contribution in [3.63, 3.8) is 0 Å². The minimum Gasteiger partial charge on any atom is -0.384 e. The second kappa shape index (κ2) is 9.50. The number of aromatic nitrogens is 1. The molecule has 4 N–H and O–H groups in total. The number of nitrogens with two attached hydrogens (primary N) is 1. The van der Waals surface area contributed by atoms with Crippen LogP contribution in [0.5, 0.6) is 0 Å². The molecule has 8 nitrogen and oxygen atoms in total. The maximum atomic E-state index is 12.3. The van der Waals surface area contributed by atoms with Gasteiger partial charge in [0.2, 0.25) is 0 Å². The number of nitrogens with zero attached hydrogens (tertiary/aromatic N) is 2. The molecule has 0 radical (unpaired) electrons. The normalized spacial score (nSPS) is 15.6. The highest BCUT2D eigenvalue weighted by Crippen LogP contribution is 2.27. The van der Waals surface area contributed by atoms with E-state index in [9.17, 15) is 9.59 Å². The van der Waals surface area contributed by atoms with Crippen LogP contribution in [-0.4, -0.2) is 54.5 Å². The number of hydrogen-bond donors (Lipinski definition) is 3. The van der Waals surface area contributed by atoms with E-state index in [1.54, 1.807) is 12.1 Å². The summed E-state index contributed by atoms with van der Waals surface area (Å²) in [4.78, 5) is 30.5. The summed E-state index contributed by atoms with van der Waals surface area (Å²) in [6, 6.07) is 10.5. The van der Waals surface area contributed by atoms with Crippen LogP contribution in [0.2, 0.25) is 5.02 Å². The first-order chi connectivity index (χ1) is 13.5. The number of benzene rings is 1. The predicted octanol–water partition coefficient (Wildman–Crippen LogP) is 1.45. The molecule has 2 amide bonds. The number of ether oxygens (including phenoxy) is 1. The van der Waals surface area contributed by atoms with Gasteiger partial charge in [-0.25, -0.2) is 4.98 Å². The molecule has 9 heteroatoms. The van der Waals surface area contributed by atoms with E-state index < -0.39 is 11.8 Å². The van der Waals surface area contributed by atoms with Gasteiger partial charge in [0.05, 0.1) is 31.1 Å². The number of halogens is 1. The van der Waals surface area contributed by atoms with Gasteiger partial charge in [0, 0.05) is 24.7 Å². The highest BCUT2D eigenvalue weighted by Gasteiger charge is 2.26. The third-order valence-corrected chi connectivity index (χ3v) is 4.80. The lowest BCUT2D eigenvalue weighted by molar-refractivity contribution is -0.136. The van der Waals surface area contributed by atoms with Gasteiger partial charge in [-0.05, 0) is 23.8 Å². The van der Waals surface area contributed by atoms with Gasteiger partial charge in [-0.3, -0.25) is 14.5 Å². The van der Waals surface area contributed by atoms with E-state index in [0.717, 1.165) is 18.7 Å². The van der Waals surface area contributed by atoms with Crippen molar-refractivity contribution in [2.45, 2.75) is 6.04 Å². The molecule has 28 heavy (non-hydrogen) atoms. The molecular formula is C19H22ClN5O3. The Kier molecular flexibility index (Phi) is 6.80. The number of carbonyl (C=O) groups is 2. The summed E-state index contributed by atoms with van der Waals surface area (Å²) >= 11 is 6.37. The van der Waals surface area contributed by atoms with Crippen molar-refractivity contribution in [3.8, 4) is 0 Å². The van der Waals surface area contributed by atoms with Gasteiger partial charge < -0.3 is 21.1 Å². The summed E-state index contributed by atoms with van der Waals surface area (Å²) < 4.78 is 5.41. The Labute approximate surface area is 168 Å². The van der Waals surface area contributed by atoms with Crippen molar-refractivity contribution in [1.29, 1.82) is 0 Å². The topological polar surface area (TPSA) is 110 Å².